The molecule has 3 atom stereocenters. The molecule has 1 aromatic carbocycles. The molecule has 1 saturated heterocycles. The lowest BCUT2D eigenvalue weighted by atomic mass is 10.1. The summed E-state index contributed by atoms with van der Waals surface area (Å²) >= 11 is 0. The van der Waals surface area contributed by atoms with E-state index in [0.29, 0.717) is 13.1 Å². The number of sulfonamides is 1. The number of hydrogen-bond donors (Lipinski definition) is 2. The van der Waals surface area contributed by atoms with Gasteiger partial charge in [-0.05, 0) is 19.2 Å². The highest BCUT2D eigenvalue weighted by Crippen LogP contribution is 2.24. The zero-order valence-electron chi connectivity index (χ0n) is 17.2. The molecular weight excluding hydrogens is 410 g/mol. The molecule has 30 heavy (non-hydrogen) atoms. The Morgan fingerprint density at radius 1 is 1.23 bits per heavy atom. The second-order valence-electron chi connectivity index (χ2n) is 7.47. The molecule has 0 aliphatic carbocycles. The van der Waals surface area contributed by atoms with Crippen molar-refractivity contribution in [3.63, 3.8) is 0 Å². The van der Waals surface area contributed by atoms with Gasteiger partial charge >= 0.3 is 0 Å². The van der Waals surface area contributed by atoms with Crippen molar-refractivity contribution in [1.29, 1.82) is 0 Å². The van der Waals surface area contributed by atoms with Crippen LogP contribution in [0.2, 0.25) is 0 Å². The second-order valence-corrected chi connectivity index (χ2v) is 9.15. The van der Waals surface area contributed by atoms with E-state index >= 15 is 0 Å². The number of amides is 1. The first-order valence-electron chi connectivity index (χ1n) is 9.90. The summed E-state index contributed by atoms with van der Waals surface area (Å²) in [5, 5.41) is 9.74. The number of para-hydroxylation sites is 1. The van der Waals surface area contributed by atoms with Crippen molar-refractivity contribution in [3.8, 4) is 5.75 Å². The van der Waals surface area contributed by atoms with Crippen LogP contribution in [0.4, 0.5) is 0 Å². The molecule has 1 amide bonds. The number of hydrogen-bond acceptors (Lipinski definition) is 7. The Bertz CT molecular complexity index is 867. The Balaban J connectivity index is 1.65. The van der Waals surface area contributed by atoms with Crippen molar-refractivity contribution in [2.45, 2.75) is 29.6 Å². The van der Waals surface area contributed by atoms with Gasteiger partial charge in [-0.1, -0.05) is 24.3 Å². The van der Waals surface area contributed by atoms with Gasteiger partial charge in [0.05, 0.1) is 32.3 Å². The van der Waals surface area contributed by atoms with E-state index in [-0.39, 0.29) is 29.6 Å². The molecule has 3 rings (SSSR count). The van der Waals surface area contributed by atoms with Crippen LogP contribution in [-0.2, 0) is 19.6 Å². The Morgan fingerprint density at radius 3 is 2.60 bits per heavy atom. The zero-order valence-corrected chi connectivity index (χ0v) is 18.0. The van der Waals surface area contributed by atoms with Crippen molar-refractivity contribution < 1.29 is 27.8 Å². The van der Waals surface area contributed by atoms with Crippen molar-refractivity contribution in [3.05, 3.63) is 36.4 Å². The van der Waals surface area contributed by atoms with Crippen molar-refractivity contribution in [1.82, 2.24) is 14.5 Å². The van der Waals surface area contributed by atoms with Crippen LogP contribution in [0, 0.1) is 0 Å². The molecule has 2 heterocycles. The first-order chi connectivity index (χ1) is 14.3. The van der Waals surface area contributed by atoms with Gasteiger partial charge in [-0.25, -0.2) is 13.1 Å². The fourth-order valence-electron chi connectivity index (χ4n) is 3.55. The SMILES string of the molecule is COc1ccccc1S(=O)(=O)N[C@@H]1C=C[C@H](CC(=O)N2CCN(C)CC2)O[C@H]1CO. The van der Waals surface area contributed by atoms with Crippen molar-refractivity contribution in [2.24, 2.45) is 0 Å². The van der Waals surface area contributed by atoms with E-state index in [1.807, 2.05) is 11.9 Å². The second kappa shape index (κ2) is 9.88. The third kappa shape index (κ3) is 5.38. The highest BCUT2D eigenvalue weighted by atomic mass is 32.2. The number of carbonyl (C=O) groups is 1. The predicted molar refractivity (Wildman–Crippen MR) is 111 cm³/mol. The van der Waals surface area contributed by atoms with Gasteiger partial charge in [0.25, 0.3) is 0 Å². The summed E-state index contributed by atoms with van der Waals surface area (Å²) in [7, 11) is -0.486. The maximum absolute atomic E-state index is 12.8. The number of methoxy groups -OCH3 is 1. The molecule has 166 valence electrons. The minimum Gasteiger partial charge on any atom is -0.495 e. The molecule has 0 unspecified atom stereocenters. The van der Waals surface area contributed by atoms with Crippen LogP contribution < -0.4 is 9.46 Å². The van der Waals surface area contributed by atoms with Crippen LogP contribution in [-0.4, -0.2) is 94.4 Å². The number of aliphatic hydroxyl groups is 1. The standard InChI is InChI=1S/C20H29N3O6S/c1-22-9-11-23(12-10-22)20(25)13-15-7-8-16(18(14-24)29-15)21-30(26,27)19-6-4-3-5-17(19)28-2/h3-8,15-16,18,21,24H,9-14H2,1-2H3/t15-,16-,18+/m1/s1. The Hall–Kier alpha value is -1.98. The Morgan fingerprint density at radius 2 is 1.93 bits per heavy atom. The van der Waals surface area contributed by atoms with Crippen LogP contribution in [0.3, 0.4) is 0 Å². The minimum atomic E-state index is -3.91. The molecular formula is C20H29N3O6S. The summed E-state index contributed by atoms with van der Waals surface area (Å²) in [6.07, 6.45) is 2.16. The van der Waals surface area contributed by atoms with E-state index in [2.05, 4.69) is 9.62 Å². The highest BCUT2D eigenvalue weighted by Gasteiger charge is 2.33. The van der Waals surface area contributed by atoms with Crippen LogP contribution >= 0.6 is 0 Å². The number of ether oxygens (including phenoxy) is 2. The topological polar surface area (TPSA) is 108 Å². The molecule has 2 N–H and O–H groups in total. The van der Waals surface area contributed by atoms with E-state index in [0.717, 1.165) is 13.1 Å². The van der Waals surface area contributed by atoms with Gasteiger partial charge < -0.3 is 24.4 Å². The Kier molecular flexibility index (Phi) is 7.48. The quantitative estimate of drug-likeness (QED) is 0.568. The minimum absolute atomic E-state index is 0.00459. The third-order valence-corrected chi connectivity index (χ3v) is 6.84. The molecule has 0 radical (unpaired) electrons. The summed E-state index contributed by atoms with van der Waals surface area (Å²) in [4.78, 5) is 16.5. The number of piperazine rings is 1. The van der Waals surface area contributed by atoms with E-state index < -0.39 is 28.3 Å². The third-order valence-electron chi connectivity index (χ3n) is 5.34. The van der Waals surface area contributed by atoms with Crippen LogP contribution in [0.15, 0.2) is 41.3 Å². The van der Waals surface area contributed by atoms with E-state index in [4.69, 9.17) is 9.47 Å². The van der Waals surface area contributed by atoms with E-state index in [1.54, 1.807) is 30.4 Å². The summed E-state index contributed by atoms with van der Waals surface area (Å²) < 4.78 is 39.1. The van der Waals surface area contributed by atoms with Crippen molar-refractivity contribution in [2.75, 3.05) is 46.9 Å². The molecule has 0 spiro atoms. The van der Waals surface area contributed by atoms with Crippen LogP contribution in [0.1, 0.15) is 6.42 Å². The van der Waals surface area contributed by atoms with Gasteiger partial charge in [-0.15, -0.1) is 0 Å². The van der Waals surface area contributed by atoms with Crippen molar-refractivity contribution >= 4 is 15.9 Å². The van der Waals surface area contributed by atoms with E-state index in [9.17, 15) is 18.3 Å². The first kappa shape index (κ1) is 22.7. The van der Waals surface area contributed by atoms with Gasteiger partial charge in [-0.3, -0.25) is 4.79 Å². The predicted octanol–water partition coefficient (Wildman–Crippen LogP) is -0.178. The lowest BCUT2D eigenvalue weighted by molar-refractivity contribution is -0.136. The lowest BCUT2D eigenvalue weighted by Crippen LogP contribution is -2.50. The smallest absolute Gasteiger partial charge is 0.244 e. The average molecular weight is 440 g/mol. The van der Waals surface area contributed by atoms with Gasteiger partial charge in [0.15, 0.2) is 0 Å². The number of carbonyl (C=O) groups excluding carboxylic acids is 1. The summed E-state index contributed by atoms with van der Waals surface area (Å²) in [5.41, 5.74) is 0. The van der Waals surface area contributed by atoms with E-state index in [1.165, 1.54) is 13.2 Å². The highest BCUT2D eigenvalue weighted by molar-refractivity contribution is 7.89. The summed E-state index contributed by atoms with van der Waals surface area (Å²) in [6, 6.07) is 5.53. The average Bonchev–Trinajstić information content (AvgIpc) is 2.75. The molecule has 2 aliphatic rings. The van der Waals surface area contributed by atoms with Gasteiger partial charge in [0.1, 0.15) is 16.7 Å². The monoisotopic (exact) mass is 439 g/mol. The maximum Gasteiger partial charge on any atom is 0.244 e. The van der Waals surface area contributed by atoms with Gasteiger partial charge in [-0.2, -0.15) is 0 Å². The molecule has 1 fully saturated rings. The van der Waals surface area contributed by atoms with Gasteiger partial charge in [0.2, 0.25) is 15.9 Å². The Labute approximate surface area is 177 Å². The molecule has 0 aromatic heterocycles. The molecule has 1 aromatic rings. The molecule has 0 bridgehead atoms. The zero-order chi connectivity index (χ0) is 21.7. The van der Waals surface area contributed by atoms with Crippen LogP contribution in [0.5, 0.6) is 5.75 Å². The maximum atomic E-state index is 12.8. The molecule has 0 saturated carbocycles. The number of rotatable bonds is 7. The number of nitrogens with zero attached hydrogens (tertiary/aromatic N) is 2. The number of nitrogens with one attached hydrogen (secondary N) is 1. The lowest BCUT2D eigenvalue weighted by Gasteiger charge is -2.35. The fourth-order valence-corrected chi connectivity index (χ4v) is 4.94. The summed E-state index contributed by atoms with van der Waals surface area (Å²) in [5.74, 6) is 0.212. The van der Waals surface area contributed by atoms with Crippen LogP contribution in [0.25, 0.3) is 0 Å². The molecule has 2 aliphatic heterocycles. The fraction of sp³-hybridized carbons (Fsp3) is 0.550. The molecule has 10 heteroatoms. The number of aliphatic hydroxyl groups excluding tert-OH is 1. The molecule has 9 nitrogen and oxygen atoms in total. The number of likely N-dealkylation sites (N-methyl/N-ethyl adjacent to an activating group) is 1. The number of benzene rings is 1. The first-order valence-corrected chi connectivity index (χ1v) is 11.4. The largest absolute Gasteiger partial charge is 0.495 e. The summed E-state index contributed by atoms with van der Waals surface area (Å²) in [6.45, 7) is 2.63. The van der Waals surface area contributed by atoms with Gasteiger partial charge in [0, 0.05) is 26.2 Å². The normalized spacial score (nSPS) is 25.3.